The molecule has 0 bridgehead atoms. The van der Waals surface area contributed by atoms with Crippen molar-refractivity contribution in [1.29, 1.82) is 0 Å². The van der Waals surface area contributed by atoms with Crippen LogP contribution in [0.1, 0.15) is 0 Å². The van der Waals surface area contributed by atoms with Crippen molar-refractivity contribution in [2.24, 2.45) is 0 Å². The topological polar surface area (TPSA) is 103 Å². The van der Waals surface area contributed by atoms with E-state index in [9.17, 15) is 4.79 Å². The second kappa shape index (κ2) is 11.4. The van der Waals surface area contributed by atoms with E-state index in [2.05, 4.69) is 26.2 Å². The zero-order chi connectivity index (χ0) is 15.3. The maximum atomic E-state index is 11.6. The highest BCUT2D eigenvalue weighted by molar-refractivity contribution is 7.99. The summed E-state index contributed by atoms with van der Waals surface area (Å²) in [5.41, 5.74) is 0. The second-order valence-corrected chi connectivity index (χ2v) is 5.00. The summed E-state index contributed by atoms with van der Waals surface area (Å²) in [4.78, 5) is 11.6. The molecule has 0 saturated heterocycles. The number of ether oxygens (including phenoxy) is 2. The fraction of sp³-hybridized carbons (Fsp3) is 0.818. The molecule has 0 unspecified atom stereocenters. The van der Waals surface area contributed by atoms with Crippen LogP contribution < -0.4 is 10.6 Å². The van der Waals surface area contributed by atoms with E-state index in [0.717, 1.165) is 13.1 Å². The number of aromatic nitrogens is 4. The van der Waals surface area contributed by atoms with E-state index < -0.39 is 0 Å². The smallest absolute Gasteiger partial charge is 0.230 e. The molecular formula is C11H22N6O3S. The Labute approximate surface area is 128 Å². The molecule has 0 radical (unpaired) electrons. The fourth-order valence-electron chi connectivity index (χ4n) is 1.40. The summed E-state index contributed by atoms with van der Waals surface area (Å²) in [5.74, 6) is 0.214. The highest BCUT2D eigenvalue weighted by Gasteiger charge is 2.09. The molecule has 10 heteroatoms. The molecule has 0 spiro atoms. The van der Waals surface area contributed by atoms with Crippen molar-refractivity contribution < 1.29 is 14.3 Å². The molecule has 2 N–H and O–H groups in total. The summed E-state index contributed by atoms with van der Waals surface area (Å²) < 4.78 is 11.5. The van der Waals surface area contributed by atoms with E-state index in [1.54, 1.807) is 18.9 Å². The first-order valence-electron chi connectivity index (χ1n) is 6.62. The van der Waals surface area contributed by atoms with Gasteiger partial charge in [-0.25, -0.2) is 4.68 Å². The third-order valence-electron chi connectivity index (χ3n) is 2.44. The summed E-state index contributed by atoms with van der Waals surface area (Å²) in [6, 6.07) is 0. The van der Waals surface area contributed by atoms with Crippen molar-refractivity contribution in [3.8, 4) is 0 Å². The van der Waals surface area contributed by atoms with Gasteiger partial charge in [0, 0.05) is 33.9 Å². The zero-order valence-corrected chi connectivity index (χ0v) is 13.2. The third-order valence-corrected chi connectivity index (χ3v) is 3.40. The molecule has 0 fully saturated rings. The number of nitrogens with one attached hydrogen (secondary N) is 2. The fourth-order valence-corrected chi connectivity index (χ4v) is 2.13. The standard InChI is InChI=1S/C11H22N6O3S/c1-19-7-4-12-3-6-17-11(14-15-16-17)21-9-10(18)13-5-8-20-2/h12H,3-9H2,1-2H3,(H,13,18). The quantitative estimate of drug-likeness (QED) is 0.364. The molecule has 1 rings (SSSR count). The third kappa shape index (κ3) is 7.95. The molecule has 0 aliphatic carbocycles. The predicted octanol–water partition coefficient (Wildman–Crippen LogP) is -1.24. The van der Waals surface area contributed by atoms with Gasteiger partial charge in [0.25, 0.3) is 0 Å². The van der Waals surface area contributed by atoms with Crippen LogP contribution in [-0.4, -0.2) is 78.9 Å². The van der Waals surface area contributed by atoms with Crippen molar-refractivity contribution in [1.82, 2.24) is 30.8 Å². The maximum absolute atomic E-state index is 11.6. The molecular weight excluding hydrogens is 296 g/mol. The minimum absolute atomic E-state index is 0.0650. The molecule has 1 aromatic rings. The first-order valence-corrected chi connectivity index (χ1v) is 7.60. The Bertz CT molecular complexity index is 403. The molecule has 9 nitrogen and oxygen atoms in total. The van der Waals surface area contributed by atoms with Gasteiger partial charge in [-0.2, -0.15) is 0 Å². The Hall–Kier alpha value is -1.23. The SMILES string of the molecule is COCCNCCn1nnnc1SCC(=O)NCCOC. The normalized spacial score (nSPS) is 10.8. The number of thioether (sulfide) groups is 1. The van der Waals surface area contributed by atoms with E-state index in [1.165, 1.54) is 11.8 Å². The molecule has 0 aliphatic heterocycles. The molecule has 0 aromatic carbocycles. The largest absolute Gasteiger partial charge is 0.383 e. The number of methoxy groups -OCH3 is 2. The highest BCUT2D eigenvalue weighted by Crippen LogP contribution is 2.12. The van der Waals surface area contributed by atoms with Gasteiger partial charge >= 0.3 is 0 Å². The lowest BCUT2D eigenvalue weighted by atomic mass is 10.6. The van der Waals surface area contributed by atoms with Crippen LogP contribution in [0, 0.1) is 0 Å². The monoisotopic (exact) mass is 318 g/mol. The summed E-state index contributed by atoms with van der Waals surface area (Å²) in [7, 11) is 3.26. The molecule has 1 heterocycles. The molecule has 0 atom stereocenters. The summed E-state index contributed by atoms with van der Waals surface area (Å²) >= 11 is 1.31. The Morgan fingerprint density at radius 2 is 2.00 bits per heavy atom. The van der Waals surface area contributed by atoms with Crippen molar-refractivity contribution in [3.63, 3.8) is 0 Å². The average Bonchev–Trinajstić information content (AvgIpc) is 2.93. The average molecular weight is 318 g/mol. The van der Waals surface area contributed by atoms with Gasteiger partial charge in [0.2, 0.25) is 11.1 Å². The molecule has 0 saturated carbocycles. The first-order chi connectivity index (χ1) is 10.3. The number of tetrazole rings is 1. The number of hydrogen-bond donors (Lipinski definition) is 2. The Balaban J connectivity index is 2.23. The van der Waals surface area contributed by atoms with E-state index in [0.29, 0.717) is 31.5 Å². The van der Waals surface area contributed by atoms with Crippen LogP contribution >= 0.6 is 11.8 Å². The lowest BCUT2D eigenvalue weighted by Gasteiger charge is -2.06. The van der Waals surface area contributed by atoms with Crippen molar-refractivity contribution in [2.45, 2.75) is 11.7 Å². The van der Waals surface area contributed by atoms with Gasteiger partial charge in [-0.15, -0.1) is 5.10 Å². The minimum Gasteiger partial charge on any atom is -0.383 e. The number of carbonyl (C=O) groups is 1. The van der Waals surface area contributed by atoms with E-state index in [4.69, 9.17) is 9.47 Å². The highest BCUT2D eigenvalue weighted by atomic mass is 32.2. The van der Waals surface area contributed by atoms with Crippen molar-refractivity contribution in [3.05, 3.63) is 0 Å². The van der Waals surface area contributed by atoms with Gasteiger partial charge in [-0.1, -0.05) is 11.8 Å². The minimum atomic E-state index is -0.0650. The summed E-state index contributed by atoms with van der Waals surface area (Å²) in [6.45, 7) is 3.83. The predicted molar refractivity (Wildman–Crippen MR) is 78.2 cm³/mol. The lowest BCUT2D eigenvalue weighted by molar-refractivity contribution is -0.118. The molecule has 0 aliphatic rings. The van der Waals surface area contributed by atoms with Crippen molar-refractivity contribution >= 4 is 17.7 Å². The van der Waals surface area contributed by atoms with E-state index in [-0.39, 0.29) is 11.7 Å². The Morgan fingerprint density at radius 1 is 1.24 bits per heavy atom. The number of nitrogens with zero attached hydrogens (tertiary/aromatic N) is 4. The first kappa shape index (κ1) is 17.8. The number of hydrogen-bond acceptors (Lipinski definition) is 8. The maximum Gasteiger partial charge on any atom is 0.230 e. The summed E-state index contributed by atoms with van der Waals surface area (Å²) in [6.07, 6.45) is 0. The van der Waals surface area contributed by atoms with Crippen LogP contribution in [0.25, 0.3) is 0 Å². The molecule has 1 amide bonds. The lowest BCUT2D eigenvalue weighted by Crippen LogP contribution is -2.28. The van der Waals surface area contributed by atoms with Crippen LogP contribution in [0.15, 0.2) is 5.16 Å². The van der Waals surface area contributed by atoms with Gasteiger partial charge in [-0.3, -0.25) is 4.79 Å². The molecule has 1 aromatic heterocycles. The van der Waals surface area contributed by atoms with Crippen LogP contribution in [-0.2, 0) is 20.8 Å². The molecule has 21 heavy (non-hydrogen) atoms. The Morgan fingerprint density at radius 3 is 2.76 bits per heavy atom. The van der Waals surface area contributed by atoms with Crippen molar-refractivity contribution in [2.75, 3.05) is 52.8 Å². The number of carbonyl (C=O) groups excluding carboxylic acids is 1. The van der Waals surface area contributed by atoms with Crippen LogP contribution in [0.5, 0.6) is 0 Å². The van der Waals surface area contributed by atoms with Crippen LogP contribution in [0.2, 0.25) is 0 Å². The second-order valence-electron chi connectivity index (χ2n) is 4.06. The van der Waals surface area contributed by atoms with E-state index >= 15 is 0 Å². The summed E-state index contributed by atoms with van der Waals surface area (Å²) in [5, 5.41) is 18.0. The van der Waals surface area contributed by atoms with Gasteiger partial charge in [0.1, 0.15) is 0 Å². The number of rotatable bonds is 12. The van der Waals surface area contributed by atoms with Crippen LogP contribution in [0.4, 0.5) is 0 Å². The van der Waals surface area contributed by atoms with Gasteiger partial charge in [0.05, 0.1) is 25.5 Å². The number of amides is 1. The van der Waals surface area contributed by atoms with Gasteiger partial charge in [0.15, 0.2) is 0 Å². The molecule has 120 valence electrons. The zero-order valence-electron chi connectivity index (χ0n) is 12.4. The Kier molecular flexibility index (Phi) is 9.70. The van der Waals surface area contributed by atoms with Crippen LogP contribution in [0.3, 0.4) is 0 Å². The van der Waals surface area contributed by atoms with E-state index in [1.807, 2.05) is 0 Å². The van der Waals surface area contributed by atoms with Gasteiger partial charge in [-0.05, 0) is 10.4 Å². The van der Waals surface area contributed by atoms with Gasteiger partial charge < -0.3 is 20.1 Å².